The van der Waals surface area contributed by atoms with E-state index < -0.39 is 5.72 Å². The Morgan fingerprint density at radius 2 is 2.07 bits per heavy atom. The number of amides is 3. The van der Waals surface area contributed by atoms with Crippen molar-refractivity contribution in [3.63, 3.8) is 0 Å². The van der Waals surface area contributed by atoms with Crippen molar-refractivity contribution in [3.05, 3.63) is 29.8 Å². The van der Waals surface area contributed by atoms with Crippen molar-refractivity contribution >= 4 is 17.7 Å². The number of benzene rings is 1. The topological polar surface area (TPSA) is 87.7 Å². The lowest BCUT2D eigenvalue weighted by Gasteiger charge is -2.55. The molecular weight excluding hydrogens is 346 g/mol. The quantitative estimate of drug-likeness (QED) is 0.770. The van der Waals surface area contributed by atoms with Gasteiger partial charge in [-0.2, -0.15) is 0 Å². The maximum atomic E-state index is 13.0. The number of ether oxygens (including phenoxy) is 1. The summed E-state index contributed by atoms with van der Waals surface area (Å²) in [5.74, 6) is 0.705. The first-order valence-electron chi connectivity index (χ1n) is 9.72. The summed E-state index contributed by atoms with van der Waals surface area (Å²) in [4.78, 5) is 39.0. The molecule has 1 aromatic rings. The Morgan fingerprint density at radius 1 is 1.22 bits per heavy atom. The minimum atomic E-state index is -0.704. The number of fused-ring (bicyclic) bond motifs is 3. The van der Waals surface area contributed by atoms with Crippen LogP contribution >= 0.6 is 0 Å². The zero-order chi connectivity index (χ0) is 18.6. The van der Waals surface area contributed by atoms with Gasteiger partial charge in [0.2, 0.25) is 11.8 Å². The molecule has 0 unspecified atom stereocenters. The summed E-state index contributed by atoms with van der Waals surface area (Å²) in [6.45, 7) is 1.24. The van der Waals surface area contributed by atoms with Crippen LogP contribution in [0.5, 0.6) is 5.75 Å². The predicted octanol–water partition coefficient (Wildman–Crippen LogP) is 0.900. The zero-order valence-electron chi connectivity index (χ0n) is 15.1. The predicted molar refractivity (Wildman–Crippen MR) is 95.8 cm³/mol. The first kappa shape index (κ1) is 16.6. The maximum Gasteiger partial charge on any atom is 0.258 e. The molecule has 2 aliphatic heterocycles. The Morgan fingerprint density at radius 3 is 2.85 bits per heavy atom. The third kappa shape index (κ3) is 2.59. The van der Waals surface area contributed by atoms with Gasteiger partial charge in [-0.3, -0.25) is 14.4 Å². The lowest BCUT2D eigenvalue weighted by atomic mass is 9.59. The Balaban J connectivity index is 1.37. The fraction of sp³-hybridized carbons (Fsp3) is 0.550. The lowest BCUT2D eigenvalue weighted by Crippen LogP contribution is -2.67. The van der Waals surface area contributed by atoms with Crippen LogP contribution in [-0.4, -0.2) is 48.0 Å². The van der Waals surface area contributed by atoms with Crippen LogP contribution in [0.3, 0.4) is 0 Å². The van der Waals surface area contributed by atoms with Crippen molar-refractivity contribution < 1.29 is 19.1 Å². The Labute approximate surface area is 157 Å². The van der Waals surface area contributed by atoms with Crippen LogP contribution in [0.4, 0.5) is 0 Å². The second-order valence-electron chi connectivity index (χ2n) is 8.13. The smallest absolute Gasteiger partial charge is 0.258 e. The van der Waals surface area contributed by atoms with Crippen molar-refractivity contribution in [2.24, 2.45) is 17.8 Å². The number of piperazine rings is 1. The van der Waals surface area contributed by atoms with Crippen molar-refractivity contribution in [3.8, 4) is 5.75 Å². The highest BCUT2D eigenvalue weighted by Gasteiger charge is 2.57. The lowest BCUT2D eigenvalue weighted by molar-refractivity contribution is -0.158. The third-order valence-corrected chi connectivity index (χ3v) is 6.63. The summed E-state index contributed by atoms with van der Waals surface area (Å²) in [6.07, 6.45) is 3.25. The van der Waals surface area contributed by atoms with E-state index in [2.05, 4.69) is 10.6 Å². The van der Waals surface area contributed by atoms with E-state index in [1.54, 1.807) is 11.0 Å². The molecule has 5 aliphatic rings. The largest absolute Gasteiger partial charge is 0.467 e. The van der Waals surface area contributed by atoms with Gasteiger partial charge in [-0.15, -0.1) is 0 Å². The highest BCUT2D eigenvalue weighted by Crippen LogP contribution is 2.52. The molecule has 0 radical (unpaired) electrons. The molecule has 3 saturated carbocycles. The molecule has 4 fully saturated rings. The summed E-state index contributed by atoms with van der Waals surface area (Å²) in [5.41, 5.74) is -0.138. The van der Waals surface area contributed by atoms with E-state index in [9.17, 15) is 14.4 Å². The van der Waals surface area contributed by atoms with E-state index in [-0.39, 0.29) is 42.0 Å². The van der Waals surface area contributed by atoms with E-state index in [1.807, 2.05) is 18.2 Å². The van der Waals surface area contributed by atoms with Crippen LogP contribution in [0.25, 0.3) is 0 Å². The number of nitrogens with one attached hydrogen (secondary N) is 2. The molecule has 0 aromatic heterocycles. The van der Waals surface area contributed by atoms with Crippen LogP contribution in [0.15, 0.2) is 24.3 Å². The van der Waals surface area contributed by atoms with Crippen LogP contribution < -0.4 is 15.4 Å². The summed E-state index contributed by atoms with van der Waals surface area (Å²) in [6, 6.07) is 7.32. The third-order valence-electron chi connectivity index (χ3n) is 6.63. The summed E-state index contributed by atoms with van der Waals surface area (Å²) in [7, 11) is 0. The highest BCUT2D eigenvalue weighted by molar-refractivity contribution is 5.98. The van der Waals surface area contributed by atoms with Crippen molar-refractivity contribution in [1.82, 2.24) is 15.5 Å². The Bertz CT molecular complexity index is 825. The minimum absolute atomic E-state index is 0.0805. The van der Waals surface area contributed by atoms with Gasteiger partial charge in [-0.05, 0) is 37.3 Å². The van der Waals surface area contributed by atoms with E-state index in [1.165, 1.54) is 0 Å². The SMILES string of the molecule is O=C1CN(C(=O)[C@H]2C[C@H]3CC[C@H]2C[C@@]32NC(=O)c3ccccc3O2)CCN1. The Kier molecular flexibility index (Phi) is 3.67. The molecule has 1 aromatic carbocycles. The first-order valence-corrected chi connectivity index (χ1v) is 9.72. The zero-order valence-corrected chi connectivity index (χ0v) is 15.1. The molecular formula is C20H23N3O4. The van der Waals surface area contributed by atoms with Gasteiger partial charge in [0, 0.05) is 31.3 Å². The monoisotopic (exact) mass is 369 g/mol. The first-order chi connectivity index (χ1) is 13.1. The molecule has 4 atom stereocenters. The van der Waals surface area contributed by atoms with Gasteiger partial charge in [0.1, 0.15) is 5.75 Å². The van der Waals surface area contributed by atoms with E-state index in [4.69, 9.17) is 4.74 Å². The highest BCUT2D eigenvalue weighted by atomic mass is 16.5. The Hall–Kier alpha value is -2.57. The fourth-order valence-corrected chi connectivity index (χ4v) is 5.32. The summed E-state index contributed by atoms with van der Waals surface area (Å²) < 4.78 is 6.33. The second kappa shape index (κ2) is 5.97. The van der Waals surface area contributed by atoms with Gasteiger partial charge in [0.25, 0.3) is 5.91 Å². The van der Waals surface area contributed by atoms with Crippen molar-refractivity contribution in [1.29, 1.82) is 0 Å². The number of hydrogen-bond donors (Lipinski definition) is 2. The van der Waals surface area contributed by atoms with E-state index >= 15 is 0 Å². The van der Waals surface area contributed by atoms with E-state index in [0.29, 0.717) is 37.2 Å². The van der Waals surface area contributed by atoms with Crippen LogP contribution in [0.1, 0.15) is 36.0 Å². The maximum absolute atomic E-state index is 13.0. The summed E-state index contributed by atoms with van der Waals surface area (Å²) in [5, 5.41) is 5.88. The molecule has 6 rings (SSSR count). The summed E-state index contributed by atoms with van der Waals surface area (Å²) >= 11 is 0. The van der Waals surface area contributed by atoms with Crippen molar-refractivity contribution in [2.75, 3.05) is 19.6 Å². The molecule has 7 heteroatoms. The molecule has 27 heavy (non-hydrogen) atoms. The molecule has 2 bridgehead atoms. The molecule has 3 aliphatic carbocycles. The second-order valence-corrected chi connectivity index (χ2v) is 8.13. The van der Waals surface area contributed by atoms with Crippen molar-refractivity contribution in [2.45, 2.75) is 31.4 Å². The normalized spacial score (nSPS) is 34.5. The van der Waals surface area contributed by atoms with Crippen LogP contribution in [0.2, 0.25) is 0 Å². The van der Waals surface area contributed by atoms with E-state index in [0.717, 1.165) is 12.8 Å². The van der Waals surface area contributed by atoms with Crippen LogP contribution in [0, 0.1) is 17.8 Å². The molecule has 3 amide bonds. The molecule has 2 heterocycles. The number of hydrogen-bond acceptors (Lipinski definition) is 4. The molecule has 142 valence electrons. The van der Waals surface area contributed by atoms with Gasteiger partial charge in [0.15, 0.2) is 5.72 Å². The minimum Gasteiger partial charge on any atom is -0.467 e. The standard InChI is InChI=1S/C20H23N3O4/c24-17-11-23(8-7-21-17)19(26)15-9-13-6-5-12(15)10-20(13)22-18(25)14-3-1-2-4-16(14)27-20/h1-4,12-13,15H,5-11H2,(H,21,24)(H,22,25)/t12-,13+,15-,20-/m0/s1. The number of rotatable bonds is 1. The fourth-order valence-electron chi connectivity index (χ4n) is 5.32. The van der Waals surface area contributed by atoms with Gasteiger partial charge in [-0.25, -0.2) is 0 Å². The van der Waals surface area contributed by atoms with Gasteiger partial charge < -0.3 is 20.3 Å². The van der Waals surface area contributed by atoms with Crippen LogP contribution in [-0.2, 0) is 9.59 Å². The molecule has 2 N–H and O–H groups in total. The van der Waals surface area contributed by atoms with Gasteiger partial charge in [0.05, 0.1) is 12.1 Å². The molecule has 7 nitrogen and oxygen atoms in total. The van der Waals surface area contributed by atoms with Gasteiger partial charge >= 0.3 is 0 Å². The average Bonchev–Trinajstić information content (AvgIpc) is 2.68. The number of nitrogens with zero attached hydrogens (tertiary/aromatic N) is 1. The number of carbonyl (C=O) groups is 3. The number of para-hydroxylation sites is 1. The molecule has 1 spiro atoms. The molecule has 1 saturated heterocycles. The number of carbonyl (C=O) groups excluding carboxylic acids is 3. The van der Waals surface area contributed by atoms with Gasteiger partial charge in [-0.1, -0.05) is 12.1 Å². The average molecular weight is 369 g/mol.